The summed E-state index contributed by atoms with van der Waals surface area (Å²) >= 11 is 0. The van der Waals surface area contributed by atoms with Crippen LogP contribution >= 0.6 is 0 Å². The first-order chi connectivity index (χ1) is 15.9. The van der Waals surface area contributed by atoms with Crippen molar-refractivity contribution in [1.29, 1.82) is 5.26 Å². The summed E-state index contributed by atoms with van der Waals surface area (Å²) in [6.45, 7) is 4.32. The molecule has 0 atom stereocenters. The number of nitrogens with one attached hydrogen (secondary N) is 1. The summed E-state index contributed by atoms with van der Waals surface area (Å²) in [5.41, 5.74) is 2.00. The Balaban J connectivity index is 1.73. The summed E-state index contributed by atoms with van der Waals surface area (Å²) in [7, 11) is 1.44. The number of furan rings is 1. The molecule has 0 spiro atoms. The van der Waals surface area contributed by atoms with Gasteiger partial charge >= 0.3 is 5.97 Å². The van der Waals surface area contributed by atoms with Gasteiger partial charge < -0.3 is 19.2 Å². The van der Waals surface area contributed by atoms with Crippen molar-refractivity contribution in [3.63, 3.8) is 0 Å². The molecule has 2 aromatic carbocycles. The van der Waals surface area contributed by atoms with Crippen LogP contribution in [0.15, 0.2) is 70.9 Å². The second-order valence-corrected chi connectivity index (χ2v) is 7.51. The molecule has 7 heteroatoms. The maximum Gasteiger partial charge on any atom is 0.343 e. The van der Waals surface area contributed by atoms with E-state index in [2.05, 4.69) is 19.2 Å². The fourth-order valence-corrected chi connectivity index (χ4v) is 3.01. The number of hydrogen-bond acceptors (Lipinski definition) is 6. The van der Waals surface area contributed by atoms with Crippen LogP contribution in [0.1, 0.15) is 47.0 Å². The van der Waals surface area contributed by atoms with Crippen LogP contribution in [0.2, 0.25) is 0 Å². The molecule has 0 saturated carbocycles. The normalized spacial score (nSPS) is 11.1. The molecule has 7 nitrogen and oxygen atoms in total. The molecule has 33 heavy (non-hydrogen) atoms. The third-order valence-electron chi connectivity index (χ3n) is 4.88. The number of nitrogens with zero attached hydrogens (tertiary/aromatic N) is 1. The lowest BCUT2D eigenvalue weighted by Crippen LogP contribution is -2.23. The smallest absolute Gasteiger partial charge is 0.343 e. The van der Waals surface area contributed by atoms with Crippen LogP contribution in [0.5, 0.6) is 11.5 Å². The van der Waals surface area contributed by atoms with E-state index in [1.165, 1.54) is 19.4 Å². The van der Waals surface area contributed by atoms with Crippen molar-refractivity contribution in [2.75, 3.05) is 7.11 Å². The summed E-state index contributed by atoms with van der Waals surface area (Å²) in [4.78, 5) is 24.9. The quantitative estimate of drug-likeness (QED) is 0.231. The fourth-order valence-electron chi connectivity index (χ4n) is 3.01. The van der Waals surface area contributed by atoms with E-state index in [0.717, 1.165) is 5.56 Å². The van der Waals surface area contributed by atoms with Gasteiger partial charge in [-0.2, -0.15) is 5.26 Å². The molecule has 0 aliphatic heterocycles. The molecule has 0 unspecified atom stereocenters. The Bertz CT molecular complexity index is 1190. The van der Waals surface area contributed by atoms with Crippen molar-refractivity contribution in [2.45, 2.75) is 26.3 Å². The highest BCUT2D eigenvalue weighted by atomic mass is 16.6. The molecule has 1 amide bonds. The van der Waals surface area contributed by atoms with Crippen LogP contribution in [-0.4, -0.2) is 19.0 Å². The first kappa shape index (κ1) is 23.4. The minimum atomic E-state index is -0.534. The zero-order valence-electron chi connectivity index (χ0n) is 18.6. The third kappa shape index (κ3) is 6.11. The number of rotatable bonds is 8. The lowest BCUT2D eigenvalue weighted by molar-refractivity contribution is -0.117. The van der Waals surface area contributed by atoms with E-state index in [0.29, 0.717) is 28.6 Å². The Labute approximate surface area is 192 Å². The van der Waals surface area contributed by atoms with Gasteiger partial charge in [-0.15, -0.1) is 0 Å². The van der Waals surface area contributed by atoms with Crippen molar-refractivity contribution in [3.8, 4) is 17.6 Å². The topological polar surface area (TPSA) is 102 Å². The summed E-state index contributed by atoms with van der Waals surface area (Å²) in [6.07, 6.45) is 2.93. The zero-order chi connectivity index (χ0) is 23.8. The van der Waals surface area contributed by atoms with Crippen LogP contribution in [0, 0.1) is 11.3 Å². The maximum absolute atomic E-state index is 12.5. The molecule has 0 saturated heterocycles. The first-order valence-corrected chi connectivity index (χ1v) is 10.3. The molecular formula is C26H24N2O5. The van der Waals surface area contributed by atoms with Gasteiger partial charge in [0, 0.05) is 0 Å². The van der Waals surface area contributed by atoms with E-state index in [-0.39, 0.29) is 17.9 Å². The summed E-state index contributed by atoms with van der Waals surface area (Å²) in [5, 5.41) is 12.0. The molecule has 0 bridgehead atoms. The second-order valence-electron chi connectivity index (χ2n) is 7.51. The van der Waals surface area contributed by atoms with Crippen LogP contribution < -0.4 is 14.8 Å². The van der Waals surface area contributed by atoms with Crippen molar-refractivity contribution in [3.05, 3.63) is 88.9 Å². The predicted molar refractivity (Wildman–Crippen MR) is 123 cm³/mol. The van der Waals surface area contributed by atoms with E-state index in [9.17, 15) is 14.9 Å². The summed E-state index contributed by atoms with van der Waals surface area (Å²) in [6, 6.07) is 17.3. The van der Waals surface area contributed by atoms with Gasteiger partial charge in [-0.25, -0.2) is 4.79 Å². The summed E-state index contributed by atoms with van der Waals surface area (Å²) < 4.78 is 16.0. The number of methoxy groups -OCH3 is 1. The van der Waals surface area contributed by atoms with E-state index in [4.69, 9.17) is 13.9 Å². The molecule has 0 fully saturated rings. The van der Waals surface area contributed by atoms with Crippen molar-refractivity contribution in [1.82, 2.24) is 5.32 Å². The molecule has 1 N–H and O–H groups in total. The van der Waals surface area contributed by atoms with Gasteiger partial charge in [0.05, 0.1) is 25.5 Å². The van der Waals surface area contributed by atoms with Crippen molar-refractivity contribution in [2.24, 2.45) is 0 Å². The lowest BCUT2D eigenvalue weighted by atomic mass is 10.0. The Morgan fingerprint density at radius 3 is 2.48 bits per heavy atom. The number of esters is 1. The SMILES string of the molecule is COc1cc(/C=C(\C#N)C(=O)NCc2ccco2)ccc1OC(=O)c1ccc(C(C)C)cc1. The van der Waals surface area contributed by atoms with E-state index >= 15 is 0 Å². The van der Waals surface area contributed by atoms with Gasteiger partial charge in [0.1, 0.15) is 17.4 Å². The van der Waals surface area contributed by atoms with Gasteiger partial charge in [-0.1, -0.05) is 32.0 Å². The van der Waals surface area contributed by atoms with E-state index in [1.807, 2.05) is 18.2 Å². The van der Waals surface area contributed by atoms with Gasteiger partial charge in [-0.05, 0) is 59.5 Å². The van der Waals surface area contributed by atoms with Crippen LogP contribution in [-0.2, 0) is 11.3 Å². The highest BCUT2D eigenvalue weighted by molar-refractivity contribution is 6.01. The number of hydrogen-bond donors (Lipinski definition) is 1. The van der Waals surface area contributed by atoms with Gasteiger partial charge in [0.15, 0.2) is 11.5 Å². The first-order valence-electron chi connectivity index (χ1n) is 10.3. The number of carbonyl (C=O) groups is 2. The van der Waals surface area contributed by atoms with E-state index < -0.39 is 11.9 Å². The molecule has 1 heterocycles. The van der Waals surface area contributed by atoms with Crippen LogP contribution in [0.3, 0.4) is 0 Å². The number of carbonyl (C=O) groups excluding carboxylic acids is 2. The monoisotopic (exact) mass is 444 g/mol. The van der Waals surface area contributed by atoms with E-state index in [1.54, 1.807) is 42.5 Å². The molecule has 168 valence electrons. The average molecular weight is 444 g/mol. The van der Waals surface area contributed by atoms with Crippen molar-refractivity contribution >= 4 is 18.0 Å². The lowest BCUT2D eigenvalue weighted by Gasteiger charge is -2.11. The molecule has 0 aliphatic rings. The maximum atomic E-state index is 12.5. The number of benzene rings is 2. The molecule has 0 aliphatic carbocycles. The summed E-state index contributed by atoms with van der Waals surface area (Å²) in [5.74, 6) is 0.418. The largest absolute Gasteiger partial charge is 0.493 e. The number of nitriles is 1. The van der Waals surface area contributed by atoms with Crippen LogP contribution in [0.4, 0.5) is 0 Å². The highest BCUT2D eigenvalue weighted by Gasteiger charge is 2.15. The van der Waals surface area contributed by atoms with Gasteiger partial charge in [0.25, 0.3) is 5.91 Å². The average Bonchev–Trinajstić information content (AvgIpc) is 3.35. The highest BCUT2D eigenvalue weighted by Crippen LogP contribution is 2.30. The Hall–Kier alpha value is -4.31. The Morgan fingerprint density at radius 2 is 1.88 bits per heavy atom. The van der Waals surface area contributed by atoms with Gasteiger partial charge in [0.2, 0.25) is 0 Å². The Morgan fingerprint density at radius 1 is 1.12 bits per heavy atom. The number of ether oxygens (including phenoxy) is 2. The molecule has 3 rings (SSSR count). The van der Waals surface area contributed by atoms with Gasteiger partial charge in [-0.3, -0.25) is 4.79 Å². The third-order valence-corrected chi connectivity index (χ3v) is 4.88. The Kier molecular flexibility index (Phi) is 7.66. The molecular weight excluding hydrogens is 420 g/mol. The second kappa shape index (κ2) is 10.8. The van der Waals surface area contributed by atoms with Crippen molar-refractivity contribution < 1.29 is 23.5 Å². The minimum Gasteiger partial charge on any atom is -0.493 e. The molecule has 0 radical (unpaired) electrons. The fraction of sp³-hybridized carbons (Fsp3) is 0.192. The zero-order valence-corrected chi connectivity index (χ0v) is 18.6. The molecule has 3 aromatic rings. The van der Waals surface area contributed by atoms with Crippen LogP contribution in [0.25, 0.3) is 6.08 Å². The number of amides is 1. The standard InChI is InChI=1S/C26H24N2O5/c1-17(2)19-7-9-20(10-8-19)26(30)33-23-11-6-18(14-24(23)31-3)13-21(15-27)25(29)28-16-22-5-4-12-32-22/h4-14,17H,16H2,1-3H3,(H,28,29)/b21-13+. The minimum absolute atomic E-state index is 0.0846. The molecule has 1 aromatic heterocycles. The predicted octanol–water partition coefficient (Wildman–Crippen LogP) is 4.85.